The van der Waals surface area contributed by atoms with Gasteiger partial charge in [-0.05, 0) is 42.2 Å². The molecule has 182 valence electrons. The Morgan fingerprint density at radius 2 is 1.94 bits per heavy atom. The summed E-state index contributed by atoms with van der Waals surface area (Å²) < 4.78 is 25.4. The van der Waals surface area contributed by atoms with Gasteiger partial charge in [0.2, 0.25) is 0 Å². The van der Waals surface area contributed by atoms with E-state index in [1.807, 2.05) is 41.0 Å². The highest BCUT2D eigenvalue weighted by molar-refractivity contribution is 5.88. The fraction of sp³-hybridized carbons (Fsp3) is 0.333. The molecule has 3 heterocycles. The molecule has 1 aromatic heterocycles. The fourth-order valence-corrected chi connectivity index (χ4v) is 4.69. The standard InChI is InChI=1S/C27H27NO7/c1-15(2)20-8-16-9-26(34-14-17-13-33-23-6-4-5-7-24(23)35-17)25(32-3)10-18(16)21-11-22(29)19(27(30)31)12-28(20)21/h4-7,9-12,15,17,20H,8,13-14H2,1-3H3,(H,30,31). The number of methoxy groups -OCH3 is 1. The van der Waals surface area contributed by atoms with Crippen molar-refractivity contribution in [2.45, 2.75) is 32.4 Å². The predicted molar refractivity (Wildman–Crippen MR) is 129 cm³/mol. The van der Waals surface area contributed by atoms with E-state index in [1.54, 1.807) is 7.11 Å². The van der Waals surface area contributed by atoms with Crippen molar-refractivity contribution in [3.8, 4) is 34.3 Å². The zero-order chi connectivity index (χ0) is 24.7. The minimum atomic E-state index is -1.23. The van der Waals surface area contributed by atoms with Gasteiger partial charge in [-0.15, -0.1) is 0 Å². The number of rotatable bonds is 6. The number of carboxylic acid groups (broad SMARTS) is 1. The summed E-state index contributed by atoms with van der Waals surface area (Å²) in [5, 5.41) is 9.46. The molecule has 0 fully saturated rings. The molecule has 0 bridgehead atoms. The lowest BCUT2D eigenvalue weighted by Gasteiger charge is -2.34. The number of carboxylic acids is 1. The van der Waals surface area contributed by atoms with Gasteiger partial charge in [-0.3, -0.25) is 4.79 Å². The molecule has 2 aromatic carbocycles. The Balaban J connectivity index is 1.47. The van der Waals surface area contributed by atoms with Crippen LogP contribution in [0.1, 0.15) is 35.8 Å². The Labute approximate surface area is 202 Å². The van der Waals surface area contributed by atoms with E-state index in [4.69, 9.17) is 18.9 Å². The molecule has 2 unspecified atom stereocenters. The molecule has 3 aromatic rings. The minimum absolute atomic E-state index is 0.0102. The largest absolute Gasteiger partial charge is 0.493 e. The maximum Gasteiger partial charge on any atom is 0.341 e. The van der Waals surface area contributed by atoms with Crippen molar-refractivity contribution in [3.05, 3.63) is 70.0 Å². The van der Waals surface area contributed by atoms with Crippen molar-refractivity contribution in [2.75, 3.05) is 20.3 Å². The lowest BCUT2D eigenvalue weighted by Crippen LogP contribution is -2.34. The molecule has 0 radical (unpaired) electrons. The zero-order valence-electron chi connectivity index (χ0n) is 19.8. The van der Waals surface area contributed by atoms with Crippen LogP contribution in [0.4, 0.5) is 0 Å². The summed E-state index contributed by atoms with van der Waals surface area (Å²) in [6.45, 7) is 4.81. The number of hydrogen-bond acceptors (Lipinski definition) is 6. The Bertz CT molecular complexity index is 1340. The molecule has 0 saturated heterocycles. The second-order valence-corrected chi connectivity index (χ2v) is 9.13. The normalized spacial score (nSPS) is 17.9. The first-order valence-corrected chi connectivity index (χ1v) is 11.6. The molecule has 35 heavy (non-hydrogen) atoms. The monoisotopic (exact) mass is 477 g/mol. The van der Waals surface area contributed by atoms with Gasteiger partial charge in [-0.2, -0.15) is 0 Å². The number of aromatic nitrogens is 1. The summed E-state index contributed by atoms with van der Waals surface area (Å²) in [7, 11) is 1.56. The average molecular weight is 478 g/mol. The highest BCUT2D eigenvalue weighted by Gasteiger charge is 2.30. The number of carbonyl (C=O) groups is 1. The highest BCUT2D eigenvalue weighted by atomic mass is 16.6. The van der Waals surface area contributed by atoms with Gasteiger partial charge in [-0.25, -0.2) is 4.79 Å². The number of hydrogen-bond donors (Lipinski definition) is 1. The van der Waals surface area contributed by atoms with E-state index in [1.165, 1.54) is 12.3 Å². The van der Waals surface area contributed by atoms with E-state index >= 15 is 0 Å². The van der Waals surface area contributed by atoms with E-state index in [-0.39, 0.29) is 30.2 Å². The summed E-state index contributed by atoms with van der Waals surface area (Å²) in [5.41, 5.74) is 1.75. The third-order valence-electron chi connectivity index (χ3n) is 6.52. The molecular weight excluding hydrogens is 450 g/mol. The zero-order valence-corrected chi connectivity index (χ0v) is 19.8. The minimum Gasteiger partial charge on any atom is -0.493 e. The Morgan fingerprint density at radius 1 is 1.17 bits per heavy atom. The van der Waals surface area contributed by atoms with Gasteiger partial charge in [0.1, 0.15) is 18.8 Å². The van der Waals surface area contributed by atoms with Crippen LogP contribution in [0.5, 0.6) is 23.0 Å². The van der Waals surface area contributed by atoms with Crippen LogP contribution < -0.4 is 24.4 Å². The number of para-hydroxylation sites is 2. The first-order valence-electron chi connectivity index (χ1n) is 11.6. The van der Waals surface area contributed by atoms with E-state index in [0.29, 0.717) is 36.0 Å². The number of benzene rings is 2. The molecule has 8 nitrogen and oxygen atoms in total. The number of aromatic carboxylic acids is 1. The van der Waals surface area contributed by atoms with E-state index in [0.717, 1.165) is 16.9 Å². The molecule has 5 rings (SSSR count). The van der Waals surface area contributed by atoms with Crippen molar-refractivity contribution in [1.82, 2.24) is 4.57 Å². The second-order valence-electron chi connectivity index (χ2n) is 9.13. The third kappa shape index (κ3) is 4.20. The topological polar surface area (TPSA) is 96.2 Å². The molecule has 2 aliphatic heterocycles. The highest BCUT2D eigenvalue weighted by Crippen LogP contribution is 2.43. The Hall–Kier alpha value is -3.94. The molecule has 0 spiro atoms. The number of pyridine rings is 1. The average Bonchev–Trinajstić information content (AvgIpc) is 2.85. The van der Waals surface area contributed by atoms with E-state index < -0.39 is 11.4 Å². The van der Waals surface area contributed by atoms with Crippen molar-refractivity contribution >= 4 is 5.97 Å². The van der Waals surface area contributed by atoms with Crippen LogP contribution in [-0.4, -0.2) is 42.1 Å². The maximum absolute atomic E-state index is 12.5. The molecule has 0 amide bonds. The third-order valence-corrected chi connectivity index (χ3v) is 6.52. The molecule has 2 atom stereocenters. The molecule has 2 aliphatic rings. The molecule has 8 heteroatoms. The molecular formula is C27H27NO7. The van der Waals surface area contributed by atoms with Gasteiger partial charge in [0.15, 0.2) is 34.5 Å². The first-order chi connectivity index (χ1) is 16.9. The van der Waals surface area contributed by atoms with E-state index in [2.05, 4.69) is 13.8 Å². The van der Waals surface area contributed by atoms with Crippen LogP contribution in [0.25, 0.3) is 11.3 Å². The molecule has 0 saturated carbocycles. The number of nitrogens with zero attached hydrogens (tertiary/aromatic N) is 1. The van der Waals surface area contributed by atoms with Crippen molar-refractivity contribution < 1.29 is 28.8 Å². The first kappa shape index (κ1) is 22.8. The summed E-state index contributed by atoms with van der Waals surface area (Å²) in [4.78, 5) is 24.1. The lowest BCUT2D eigenvalue weighted by atomic mass is 9.87. The SMILES string of the molecule is COc1cc2c(cc1OCC1COc3ccccc3O1)CC(C(C)C)n1cc(C(=O)O)c(=O)cc1-2. The quantitative estimate of drug-likeness (QED) is 0.569. The Morgan fingerprint density at radius 3 is 2.66 bits per heavy atom. The fourth-order valence-electron chi connectivity index (χ4n) is 4.69. The molecule has 1 N–H and O–H groups in total. The van der Waals surface area contributed by atoms with Gasteiger partial charge in [-0.1, -0.05) is 26.0 Å². The lowest BCUT2D eigenvalue weighted by molar-refractivity contribution is 0.0527. The van der Waals surface area contributed by atoms with Crippen LogP contribution in [0.15, 0.2) is 53.5 Å². The molecule has 0 aliphatic carbocycles. The predicted octanol–water partition coefficient (Wildman–Crippen LogP) is 4.19. The number of ether oxygens (including phenoxy) is 4. The van der Waals surface area contributed by atoms with Crippen LogP contribution in [0, 0.1) is 5.92 Å². The van der Waals surface area contributed by atoms with Crippen molar-refractivity contribution in [2.24, 2.45) is 5.92 Å². The van der Waals surface area contributed by atoms with Gasteiger partial charge in [0.25, 0.3) is 0 Å². The van der Waals surface area contributed by atoms with Crippen molar-refractivity contribution in [3.63, 3.8) is 0 Å². The van der Waals surface area contributed by atoms with Gasteiger partial charge in [0.05, 0.1) is 12.8 Å². The second kappa shape index (κ2) is 9.02. The summed E-state index contributed by atoms with van der Waals surface area (Å²) >= 11 is 0. The summed E-state index contributed by atoms with van der Waals surface area (Å²) in [5.74, 6) is 1.49. The van der Waals surface area contributed by atoms with Gasteiger partial charge >= 0.3 is 5.97 Å². The maximum atomic E-state index is 12.5. The van der Waals surface area contributed by atoms with Crippen LogP contribution in [0.2, 0.25) is 0 Å². The summed E-state index contributed by atoms with van der Waals surface area (Å²) in [6, 6.07) is 12.7. The number of fused-ring (bicyclic) bond motifs is 4. The van der Waals surface area contributed by atoms with Gasteiger partial charge in [0, 0.05) is 23.9 Å². The van der Waals surface area contributed by atoms with Gasteiger partial charge < -0.3 is 28.6 Å². The van der Waals surface area contributed by atoms with Crippen LogP contribution >= 0.6 is 0 Å². The van der Waals surface area contributed by atoms with Crippen molar-refractivity contribution in [1.29, 1.82) is 0 Å². The van der Waals surface area contributed by atoms with E-state index in [9.17, 15) is 14.7 Å². The van der Waals surface area contributed by atoms with Crippen LogP contribution in [0.3, 0.4) is 0 Å². The smallest absolute Gasteiger partial charge is 0.341 e. The summed E-state index contributed by atoms with van der Waals surface area (Å²) in [6.07, 6.45) is 1.85. The van der Waals surface area contributed by atoms with Crippen LogP contribution in [-0.2, 0) is 6.42 Å². The Kier molecular flexibility index (Phi) is 5.88.